The molecule has 0 radical (unpaired) electrons. The summed E-state index contributed by atoms with van der Waals surface area (Å²) in [5.41, 5.74) is 0. The lowest BCUT2D eigenvalue weighted by Crippen LogP contribution is -2.18. The molecule has 0 fully saturated rings. The molecule has 1 aliphatic heterocycles. The first-order chi connectivity index (χ1) is 3.80. The molecular weight excluding hydrogens is 102 g/mol. The van der Waals surface area contributed by atoms with Gasteiger partial charge in [-0.3, -0.25) is 0 Å². The second kappa shape index (κ2) is 2.16. The fourth-order valence-corrected chi connectivity index (χ4v) is 0.598. The summed E-state index contributed by atoms with van der Waals surface area (Å²) < 4.78 is 0. The van der Waals surface area contributed by atoms with Crippen molar-refractivity contribution in [3.63, 3.8) is 0 Å². The lowest BCUT2D eigenvalue weighted by atomic mass is 9.98. The van der Waals surface area contributed by atoms with Gasteiger partial charge in [0.05, 0.1) is 0 Å². The minimum Gasteiger partial charge on any atom is -0.396 e. The third kappa shape index (κ3) is 0.997. The Morgan fingerprint density at radius 1 is 1.62 bits per heavy atom. The van der Waals surface area contributed by atoms with Crippen molar-refractivity contribution >= 4 is 6.21 Å². The fraction of sp³-hybridized carbons (Fsp3) is 0.833. The van der Waals surface area contributed by atoms with E-state index in [1.54, 1.807) is 0 Å². The molecule has 0 saturated carbocycles. The van der Waals surface area contributed by atoms with Crippen LogP contribution in [-0.2, 0) is 4.84 Å². The van der Waals surface area contributed by atoms with Crippen LogP contribution in [0.5, 0.6) is 0 Å². The Kier molecular flexibility index (Phi) is 1.51. The highest BCUT2D eigenvalue weighted by Crippen LogP contribution is 2.12. The molecule has 0 saturated heterocycles. The van der Waals surface area contributed by atoms with Crippen molar-refractivity contribution in [3.05, 3.63) is 0 Å². The molecule has 0 aromatic carbocycles. The highest BCUT2D eigenvalue weighted by Gasteiger charge is 2.13. The molecule has 0 bridgehead atoms. The van der Waals surface area contributed by atoms with Gasteiger partial charge in [-0.2, -0.15) is 0 Å². The first-order valence-electron chi connectivity index (χ1n) is 2.96. The van der Waals surface area contributed by atoms with E-state index in [9.17, 15) is 0 Å². The number of rotatable bonds is 0. The molecule has 2 heteroatoms. The van der Waals surface area contributed by atoms with E-state index in [4.69, 9.17) is 4.84 Å². The molecule has 0 N–H and O–H groups in total. The molecule has 8 heavy (non-hydrogen) atoms. The Morgan fingerprint density at radius 3 is 2.75 bits per heavy atom. The lowest BCUT2D eigenvalue weighted by molar-refractivity contribution is 0.0875. The molecule has 1 aliphatic rings. The summed E-state index contributed by atoms with van der Waals surface area (Å²) in [5.74, 6) is 1.22. The van der Waals surface area contributed by atoms with Crippen LogP contribution < -0.4 is 0 Å². The number of hydrogen-bond acceptors (Lipinski definition) is 2. The minimum absolute atomic E-state index is 0.587. The number of hydrogen-bond donors (Lipinski definition) is 0. The van der Waals surface area contributed by atoms with Crippen molar-refractivity contribution in [3.8, 4) is 0 Å². The van der Waals surface area contributed by atoms with E-state index < -0.39 is 0 Å². The van der Waals surface area contributed by atoms with Crippen LogP contribution in [-0.4, -0.2) is 12.8 Å². The quantitative estimate of drug-likeness (QED) is 0.463. The smallest absolute Gasteiger partial charge is 0.120 e. The Hall–Kier alpha value is -0.530. The van der Waals surface area contributed by atoms with Crippen molar-refractivity contribution in [2.45, 2.75) is 13.8 Å². The molecule has 1 heterocycles. The molecule has 2 nitrogen and oxygen atoms in total. The first-order valence-corrected chi connectivity index (χ1v) is 2.96. The van der Waals surface area contributed by atoms with E-state index in [1.165, 1.54) is 0 Å². The number of nitrogens with zero attached hydrogens (tertiary/aromatic N) is 1. The van der Waals surface area contributed by atoms with Crippen LogP contribution >= 0.6 is 0 Å². The van der Waals surface area contributed by atoms with Gasteiger partial charge < -0.3 is 4.84 Å². The Morgan fingerprint density at radius 2 is 2.38 bits per heavy atom. The van der Waals surface area contributed by atoms with E-state index in [-0.39, 0.29) is 0 Å². The molecule has 0 unspecified atom stereocenters. The Bertz CT molecular complexity index is 101. The summed E-state index contributed by atoms with van der Waals surface area (Å²) in [7, 11) is 0. The highest BCUT2D eigenvalue weighted by atomic mass is 16.6. The van der Waals surface area contributed by atoms with Gasteiger partial charge in [0.15, 0.2) is 0 Å². The zero-order valence-electron chi connectivity index (χ0n) is 5.29. The molecule has 0 amide bonds. The van der Waals surface area contributed by atoms with Gasteiger partial charge >= 0.3 is 0 Å². The van der Waals surface area contributed by atoms with Gasteiger partial charge in [0.1, 0.15) is 6.61 Å². The van der Waals surface area contributed by atoms with Crippen LogP contribution in [0, 0.1) is 11.8 Å². The van der Waals surface area contributed by atoms with Gasteiger partial charge in [-0.15, -0.1) is 0 Å². The second-order valence-electron chi connectivity index (χ2n) is 2.39. The van der Waals surface area contributed by atoms with Gasteiger partial charge in [-0.25, -0.2) is 0 Å². The third-order valence-electron chi connectivity index (χ3n) is 1.61. The van der Waals surface area contributed by atoms with E-state index in [0.717, 1.165) is 6.61 Å². The summed E-state index contributed by atoms with van der Waals surface area (Å²) in [5, 5.41) is 3.68. The summed E-state index contributed by atoms with van der Waals surface area (Å²) >= 11 is 0. The molecule has 0 aliphatic carbocycles. The van der Waals surface area contributed by atoms with Gasteiger partial charge in [0.2, 0.25) is 0 Å². The van der Waals surface area contributed by atoms with Gasteiger partial charge in [0.25, 0.3) is 0 Å². The molecule has 1 rings (SSSR count). The van der Waals surface area contributed by atoms with E-state index in [1.807, 2.05) is 6.21 Å². The van der Waals surface area contributed by atoms with Gasteiger partial charge in [-0.1, -0.05) is 19.0 Å². The second-order valence-corrected chi connectivity index (χ2v) is 2.39. The molecule has 2 atom stereocenters. The Labute approximate surface area is 49.5 Å². The summed E-state index contributed by atoms with van der Waals surface area (Å²) in [6, 6.07) is 0. The molecule has 0 aromatic heterocycles. The largest absolute Gasteiger partial charge is 0.396 e. The summed E-state index contributed by atoms with van der Waals surface area (Å²) in [4.78, 5) is 4.82. The zero-order valence-corrected chi connectivity index (χ0v) is 5.29. The summed E-state index contributed by atoms with van der Waals surface area (Å²) in [6.07, 6.45) is 1.86. The van der Waals surface area contributed by atoms with Crippen LogP contribution in [0.3, 0.4) is 0 Å². The normalized spacial score (nSPS) is 36.8. The van der Waals surface area contributed by atoms with Crippen molar-refractivity contribution < 1.29 is 4.84 Å². The van der Waals surface area contributed by atoms with Crippen molar-refractivity contribution in [2.24, 2.45) is 17.0 Å². The molecular formula is C6H11NO. The molecule has 46 valence electrons. The maximum absolute atomic E-state index is 4.82. The zero-order chi connectivity index (χ0) is 5.98. The molecule has 0 aromatic rings. The third-order valence-corrected chi connectivity index (χ3v) is 1.61. The van der Waals surface area contributed by atoms with Gasteiger partial charge in [-0.05, 0) is 0 Å². The Balaban J connectivity index is 2.47. The fourth-order valence-electron chi connectivity index (χ4n) is 0.598. The minimum atomic E-state index is 0.587. The highest BCUT2D eigenvalue weighted by molar-refractivity contribution is 5.60. The van der Waals surface area contributed by atoms with E-state index >= 15 is 0 Å². The SMILES string of the molecule is C[C@H]1C=NOC[C@@H]1C. The van der Waals surface area contributed by atoms with Crippen LogP contribution in [0.1, 0.15) is 13.8 Å². The van der Waals surface area contributed by atoms with Crippen LogP contribution in [0.25, 0.3) is 0 Å². The molecule has 0 spiro atoms. The topological polar surface area (TPSA) is 21.6 Å². The van der Waals surface area contributed by atoms with Gasteiger partial charge in [0, 0.05) is 18.1 Å². The van der Waals surface area contributed by atoms with Crippen molar-refractivity contribution in [2.75, 3.05) is 6.61 Å². The van der Waals surface area contributed by atoms with Crippen LogP contribution in [0.4, 0.5) is 0 Å². The monoisotopic (exact) mass is 113 g/mol. The average Bonchev–Trinajstić information content (AvgIpc) is 1.77. The predicted octanol–water partition coefficient (Wildman–Crippen LogP) is 1.27. The lowest BCUT2D eigenvalue weighted by Gasteiger charge is -2.17. The van der Waals surface area contributed by atoms with Crippen LogP contribution in [0.2, 0.25) is 0 Å². The standard InChI is InChI=1S/C6H11NO/c1-5-3-7-8-4-6(5)2/h3,5-6H,4H2,1-2H3/t5-,6-/m0/s1. The number of oxime groups is 1. The first kappa shape index (κ1) is 5.60. The average molecular weight is 113 g/mol. The van der Waals surface area contributed by atoms with E-state index in [2.05, 4.69) is 19.0 Å². The van der Waals surface area contributed by atoms with Crippen LogP contribution in [0.15, 0.2) is 5.16 Å². The maximum atomic E-state index is 4.82. The van der Waals surface area contributed by atoms with E-state index in [0.29, 0.717) is 11.8 Å². The van der Waals surface area contributed by atoms with Crippen molar-refractivity contribution in [1.29, 1.82) is 0 Å². The summed E-state index contributed by atoms with van der Waals surface area (Å²) in [6.45, 7) is 5.09. The predicted molar refractivity (Wildman–Crippen MR) is 32.8 cm³/mol. The maximum Gasteiger partial charge on any atom is 0.120 e. The van der Waals surface area contributed by atoms with Crippen molar-refractivity contribution in [1.82, 2.24) is 0 Å².